The number of hydrogen-bond donors (Lipinski definition) is 2. The van der Waals surface area contributed by atoms with Crippen LogP contribution in [0, 0.1) is 5.82 Å². The number of benzene rings is 1. The predicted octanol–water partition coefficient (Wildman–Crippen LogP) is 1.82. The molecular formula is C16H21FN2O3. The van der Waals surface area contributed by atoms with Gasteiger partial charge in [0.15, 0.2) is 5.78 Å². The van der Waals surface area contributed by atoms with Gasteiger partial charge in [0.2, 0.25) is 11.8 Å². The van der Waals surface area contributed by atoms with E-state index in [0.717, 1.165) is 6.42 Å². The van der Waals surface area contributed by atoms with Crippen molar-refractivity contribution in [1.82, 2.24) is 10.6 Å². The van der Waals surface area contributed by atoms with E-state index in [9.17, 15) is 18.8 Å². The van der Waals surface area contributed by atoms with Crippen molar-refractivity contribution in [2.45, 2.75) is 39.2 Å². The maximum Gasteiger partial charge on any atom is 0.242 e. The van der Waals surface area contributed by atoms with Crippen molar-refractivity contribution >= 4 is 17.6 Å². The fourth-order valence-corrected chi connectivity index (χ4v) is 1.79. The van der Waals surface area contributed by atoms with Crippen LogP contribution in [0.2, 0.25) is 0 Å². The van der Waals surface area contributed by atoms with Crippen LogP contribution in [0.5, 0.6) is 0 Å². The number of ketones is 1. The Bertz CT molecular complexity index is 529. The molecule has 0 fully saturated rings. The van der Waals surface area contributed by atoms with E-state index in [0.29, 0.717) is 12.1 Å². The first-order chi connectivity index (χ1) is 10.4. The topological polar surface area (TPSA) is 75.3 Å². The predicted molar refractivity (Wildman–Crippen MR) is 80.9 cm³/mol. The number of carbonyl (C=O) groups excluding carboxylic acids is 3. The van der Waals surface area contributed by atoms with Crippen LogP contribution < -0.4 is 10.6 Å². The van der Waals surface area contributed by atoms with Crippen molar-refractivity contribution in [3.63, 3.8) is 0 Å². The lowest BCUT2D eigenvalue weighted by Crippen LogP contribution is -2.45. The molecule has 0 heterocycles. The van der Waals surface area contributed by atoms with E-state index < -0.39 is 11.9 Å². The first-order valence-electron chi connectivity index (χ1n) is 7.30. The van der Waals surface area contributed by atoms with Crippen molar-refractivity contribution in [3.8, 4) is 0 Å². The maximum atomic E-state index is 12.8. The van der Waals surface area contributed by atoms with E-state index in [2.05, 4.69) is 10.6 Å². The standard InChI is InChI=1S/C16H21FN2O3/c1-3-10-18-16(22)11(2)19-15(21)9-8-14(20)12-4-6-13(17)7-5-12/h4-7,11H,3,8-10H2,1-2H3,(H,18,22)(H,19,21)/t11-/m0/s1. The van der Waals surface area contributed by atoms with Crippen LogP contribution >= 0.6 is 0 Å². The van der Waals surface area contributed by atoms with Gasteiger partial charge in [0.25, 0.3) is 0 Å². The van der Waals surface area contributed by atoms with Gasteiger partial charge in [-0.3, -0.25) is 14.4 Å². The van der Waals surface area contributed by atoms with E-state index in [1.165, 1.54) is 24.3 Å². The molecule has 0 bridgehead atoms. The van der Waals surface area contributed by atoms with Gasteiger partial charge in [-0.05, 0) is 37.6 Å². The molecular weight excluding hydrogens is 287 g/mol. The van der Waals surface area contributed by atoms with Gasteiger partial charge in [0, 0.05) is 24.9 Å². The third kappa shape index (κ3) is 6.03. The summed E-state index contributed by atoms with van der Waals surface area (Å²) in [5, 5.41) is 5.22. The number of rotatable bonds is 8. The minimum Gasteiger partial charge on any atom is -0.354 e. The fourth-order valence-electron chi connectivity index (χ4n) is 1.79. The Balaban J connectivity index is 2.37. The molecule has 0 aromatic heterocycles. The molecule has 5 nitrogen and oxygen atoms in total. The summed E-state index contributed by atoms with van der Waals surface area (Å²) in [4.78, 5) is 35.2. The van der Waals surface area contributed by atoms with Gasteiger partial charge in [0.05, 0.1) is 0 Å². The molecule has 1 aromatic rings. The highest BCUT2D eigenvalue weighted by Gasteiger charge is 2.16. The summed E-state index contributed by atoms with van der Waals surface area (Å²) in [5.41, 5.74) is 0.364. The Hall–Kier alpha value is -2.24. The van der Waals surface area contributed by atoms with Crippen molar-refractivity contribution < 1.29 is 18.8 Å². The largest absolute Gasteiger partial charge is 0.354 e. The van der Waals surface area contributed by atoms with Gasteiger partial charge in [0.1, 0.15) is 11.9 Å². The van der Waals surface area contributed by atoms with Crippen LogP contribution in [0.25, 0.3) is 0 Å². The van der Waals surface area contributed by atoms with Gasteiger partial charge < -0.3 is 10.6 Å². The van der Waals surface area contributed by atoms with Gasteiger partial charge in [-0.2, -0.15) is 0 Å². The summed E-state index contributed by atoms with van der Waals surface area (Å²) in [6.45, 7) is 4.08. The smallest absolute Gasteiger partial charge is 0.242 e. The van der Waals surface area contributed by atoms with Crippen molar-refractivity contribution in [2.24, 2.45) is 0 Å². The highest BCUT2D eigenvalue weighted by atomic mass is 19.1. The van der Waals surface area contributed by atoms with Crippen LogP contribution in [0.3, 0.4) is 0 Å². The van der Waals surface area contributed by atoms with Crippen LogP contribution in [0.15, 0.2) is 24.3 Å². The molecule has 0 aliphatic rings. The Labute approximate surface area is 129 Å². The molecule has 6 heteroatoms. The lowest BCUT2D eigenvalue weighted by Gasteiger charge is -2.13. The Morgan fingerprint density at radius 1 is 1.14 bits per heavy atom. The quantitative estimate of drug-likeness (QED) is 0.719. The van der Waals surface area contributed by atoms with Crippen LogP contribution in [0.1, 0.15) is 43.5 Å². The van der Waals surface area contributed by atoms with E-state index in [1.807, 2.05) is 6.92 Å². The minimum atomic E-state index is -0.639. The molecule has 0 saturated heterocycles. The van der Waals surface area contributed by atoms with Crippen LogP contribution in [0.4, 0.5) is 4.39 Å². The third-order valence-corrected chi connectivity index (χ3v) is 3.07. The molecule has 0 radical (unpaired) electrons. The monoisotopic (exact) mass is 308 g/mol. The summed E-state index contributed by atoms with van der Waals surface area (Å²) in [6, 6.07) is 4.54. The van der Waals surface area contributed by atoms with Gasteiger partial charge >= 0.3 is 0 Å². The molecule has 1 rings (SSSR count). The number of amides is 2. The zero-order valence-electron chi connectivity index (χ0n) is 12.8. The van der Waals surface area contributed by atoms with Gasteiger partial charge in [-0.25, -0.2) is 4.39 Å². The fraction of sp³-hybridized carbons (Fsp3) is 0.438. The number of nitrogens with one attached hydrogen (secondary N) is 2. The molecule has 2 N–H and O–H groups in total. The minimum absolute atomic E-state index is 0.0123. The average molecular weight is 308 g/mol. The third-order valence-electron chi connectivity index (χ3n) is 3.07. The number of hydrogen-bond acceptors (Lipinski definition) is 3. The second kappa shape index (κ2) is 8.92. The molecule has 1 atom stereocenters. The molecule has 0 unspecified atom stereocenters. The summed E-state index contributed by atoms with van der Waals surface area (Å²) in [6.07, 6.45) is 0.820. The van der Waals surface area contributed by atoms with E-state index in [4.69, 9.17) is 0 Å². The lowest BCUT2D eigenvalue weighted by molar-refractivity contribution is -0.128. The number of Topliss-reactive ketones (excluding diaryl/α,β-unsaturated/α-hetero) is 1. The first-order valence-corrected chi connectivity index (χ1v) is 7.30. The summed E-state index contributed by atoms with van der Waals surface area (Å²) in [5.74, 6) is -1.27. The molecule has 120 valence electrons. The SMILES string of the molecule is CCCNC(=O)[C@H](C)NC(=O)CCC(=O)c1ccc(F)cc1. The maximum absolute atomic E-state index is 12.8. The Kier molecular flexibility index (Phi) is 7.22. The van der Waals surface area contributed by atoms with Gasteiger partial charge in [-0.15, -0.1) is 0 Å². The second-order valence-electron chi connectivity index (χ2n) is 5.01. The second-order valence-corrected chi connectivity index (χ2v) is 5.01. The highest BCUT2D eigenvalue weighted by Crippen LogP contribution is 2.07. The average Bonchev–Trinajstić information content (AvgIpc) is 2.50. The zero-order valence-corrected chi connectivity index (χ0v) is 12.8. The van der Waals surface area contributed by atoms with E-state index >= 15 is 0 Å². The van der Waals surface area contributed by atoms with Crippen molar-refractivity contribution in [1.29, 1.82) is 0 Å². The molecule has 22 heavy (non-hydrogen) atoms. The highest BCUT2D eigenvalue weighted by molar-refractivity contribution is 5.98. The molecule has 1 aromatic carbocycles. The summed E-state index contributed by atoms with van der Waals surface area (Å²) >= 11 is 0. The molecule has 0 aliphatic heterocycles. The van der Waals surface area contributed by atoms with Crippen LogP contribution in [-0.4, -0.2) is 30.2 Å². The number of halogens is 1. The Morgan fingerprint density at radius 3 is 2.36 bits per heavy atom. The zero-order chi connectivity index (χ0) is 16.5. The number of carbonyl (C=O) groups is 3. The van der Waals surface area contributed by atoms with E-state index in [-0.39, 0.29) is 30.4 Å². The lowest BCUT2D eigenvalue weighted by atomic mass is 10.1. The molecule has 0 spiro atoms. The molecule has 2 amide bonds. The van der Waals surface area contributed by atoms with Crippen molar-refractivity contribution in [2.75, 3.05) is 6.54 Å². The summed E-state index contributed by atoms with van der Waals surface area (Å²) in [7, 11) is 0. The van der Waals surface area contributed by atoms with Crippen LogP contribution in [-0.2, 0) is 9.59 Å². The first kappa shape index (κ1) is 17.8. The van der Waals surface area contributed by atoms with E-state index in [1.54, 1.807) is 6.92 Å². The normalized spacial score (nSPS) is 11.6. The molecule has 0 aliphatic carbocycles. The van der Waals surface area contributed by atoms with Crippen molar-refractivity contribution in [3.05, 3.63) is 35.6 Å². The van der Waals surface area contributed by atoms with Gasteiger partial charge in [-0.1, -0.05) is 6.92 Å². The Morgan fingerprint density at radius 2 is 1.77 bits per heavy atom. The molecule has 0 saturated carbocycles. The summed E-state index contributed by atoms with van der Waals surface area (Å²) < 4.78 is 12.8.